The highest BCUT2D eigenvalue weighted by molar-refractivity contribution is 7.00. The van der Waals surface area contributed by atoms with Gasteiger partial charge in [0, 0.05) is 39.5 Å². The Morgan fingerprint density at radius 2 is 0.728 bits per heavy atom. The van der Waals surface area contributed by atoms with Gasteiger partial charge in [0.1, 0.15) is 0 Å². The molecule has 0 atom stereocenters. The van der Waals surface area contributed by atoms with Crippen LogP contribution in [-0.2, 0) is 48.7 Å². The molecule has 7 aromatic rings. The van der Waals surface area contributed by atoms with E-state index in [1.807, 2.05) is 0 Å². The first-order chi connectivity index (χ1) is 37.7. The van der Waals surface area contributed by atoms with E-state index in [9.17, 15) is 0 Å². The lowest BCUT2D eigenvalue weighted by atomic mass is 9.32. The molecule has 0 amide bonds. The highest BCUT2D eigenvalue weighted by Crippen LogP contribution is 2.60. The van der Waals surface area contributed by atoms with Crippen molar-refractivity contribution in [2.75, 3.05) is 9.80 Å². The highest BCUT2D eigenvalue weighted by atomic mass is 15.2. The molecule has 416 valence electrons. The molecule has 0 N–H and O–H groups in total. The maximum absolute atomic E-state index is 2.81. The van der Waals surface area contributed by atoms with Crippen molar-refractivity contribution in [2.24, 2.45) is 0 Å². The van der Waals surface area contributed by atoms with E-state index in [1.165, 1.54) is 167 Å². The fourth-order valence-electron chi connectivity index (χ4n) is 18.2. The second kappa shape index (κ2) is 16.3. The Morgan fingerprint density at radius 1 is 0.321 bits per heavy atom. The molecule has 2 aliphatic heterocycles. The maximum Gasteiger partial charge on any atom is 0.252 e. The van der Waals surface area contributed by atoms with Gasteiger partial charge in [-0.05, 0) is 250 Å². The number of hydrogen-bond donors (Lipinski definition) is 0. The van der Waals surface area contributed by atoms with Crippen molar-refractivity contribution in [1.82, 2.24) is 0 Å². The van der Waals surface area contributed by atoms with E-state index >= 15 is 0 Å². The predicted octanol–water partition coefficient (Wildman–Crippen LogP) is 19.4. The Hall–Kier alpha value is -5.80. The lowest BCUT2D eigenvalue weighted by molar-refractivity contribution is 0.331. The van der Waals surface area contributed by atoms with Gasteiger partial charge in [-0.15, -0.1) is 0 Å². The molecule has 7 aromatic carbocycles. The summed E-state index contributed by atoms with van der Waals surface area (Å²) < 4.78 is 0. The summed E-state index contributed by atoms with van der Waals surface area (Å²) in [6.07, 6.45) is 8.24. The van der Waals surface area contributed by atoms with Crippen molar-refractivity contribution < 1.29 is 0 Å². The van der Waals surface area contributed by atoms with Crippen LogP contribution < -0.4 is 26.2 Å². The summed E-state index contributed by atoms with van der Waals surface area (Å²) in [5.74, 6) is 0. The minimum Gasteiger partial charge on any atom is -0.311 e. The van der Waals surface area contributed by atoms with Crippen LogP contribution in [0.15, 0.2) is 103 Å². The van der Waals surface area contributed by atoms with E-state index in [2.05, 4.69) is 251 Å². The van der Waals surface area contributed by atoms with Gasteiger partial charge in [0.15, 0.2) is 0 Å². The Morgan fingerprint density at radius 3 is 1.22 bits per heavy atom. The Labute approximate surface area is 488 Å². The Kier molecular flexibility index (Phi) is 10.7. The number of aryl methyl sites for hydroxylation is 2. The zero-order valence-corrected chi connectivity index (χ0v) is 53.2. The molecule has 0 fully saturated rings. The van der Waals surface area contributed by atoms with Crippen LogP contribution in [0, 0.1) is 13.8 Å². The highest BCUT2D eigenvalue weighted by Gasteiger charge is 2.53. The molecule has 2 heterocycles. The Bertz CT molecular complexity index is 3920. The van der Waals surface area contributed by atoms with Crippen LogP contribution in [-0.4, -0.2) is 6.71 Å². The first kappa shape index (κ1) is 53.2. The molecule has 0 saturated carbocycles. The van der Waals surface area contributed by atoms with Crippen LogP contribution in [0.1, 0.15) is 236 Å². The summed E-state index contributed by atoms with van der Waals surface area (Å²) in [6.45, 7) is 50.0. The SMILES string of the molecule is Cc1cc2c(cc1N1c3cc4c(cc3B3c5c1cc(-c1ccccc1)cc5N(c1cc5c(cc1C)C(C)(C)CCC5(C)C)c1ccc5c(c13)C(C)(C)c1cc3c(cc1-5)C(C)(C)CCC3(C)C)C(C)(C)CC4(C)C)C(C)(C)CCC2(C)C. The molecular formula is C78H91BN2. The lowest BCUT2D eigenvalue weighted by Gasteiger charge is -2.48. The number of fused-ring (bicyclic) bond motifs is 12. The topological polar surface area (TPSA) is 6.48 Å². The molecule has 14 rings (SSSR count). The van der Waals surface area contributed by atoms with Gasteiger partial charge in [-0.25, -0.2) is 0 Å². The average Bonchev–Trinajstić information content (AvgIpc) is 3.97. The third-order valence-corrected chi connectivity index (χ3v) is 23.2. The van der Waals surface area contributed by atoms with Crippen LogP contribution >= 0.6 is 0 Å². The number of nitrogens with zero attached hydrogens (tertiary/aromatic N) is 2. The number of benzene rings is 7. The first-order valence-electron chi connectivity index (χ1n) is 31.4. The third kappa shape index (κ3) is 7.30. The monoisotopic (exact) mass is 1070 g/mol. The molecule has 0 radical (unpaired) electrons. The van der Waals surface area contributed by atoms with E-state index in [0.717, 1.165) is 6.42 Å². The molecule has 0 saturated heterocycles. The molecule has 5 aliphatic carbocycles. The molecule has 3 heteroatoms. The van der Waals surface area contributed by atoms with Crippen molar-refractivity contribution in [2.45, 2.75) is 232 Å². The molecule has 0 spiro atoms. The zero-order chi connectivity index (χ0) is 57.6. The predicted molar refractivity (Wildman–Crippen MR) is 349 cm³/mol. The van der Waals surface area contributed by atoms with Gasteiger partial charge in [0.05, 0.1) is 0 Å². The minimum absolute atomic E-state index is 0.00685. The molecule has 7 aliphatic rings. The molecule has 81 heavy (non-hydrogen) atoms. The summed E-state index contributed by atoms with van der Waals surface area (Å²) in [7, 11) is 0. The largest absolute Gasteiger partial charge is 0.311 e. The van der Waals surface area contributed by atoms with E-state index in [1.54, 1.807) is 11.1 Å². The summed E-state index contributed by atoms with van der Waals surface area (Å²) in [5, 5.41) is 0. The summed E-state index contributed by atoms with van der Waals surface area (Å²) in [4.78, 5) is 5.61. The number of anilines is 6. The third-order valence-electron chi connectivity index (χ3n) is 23.2. The smallest absolute Gasteiger partial charge is 0.252 e. The van der Waals surface area contributed by atoms with Crippen LogP contribution in [0.4, 0.5) is 34.1 Å². The van der Waals surface area contributed by atoms with E-state index in [-0.39, 0.29) is 55.4 Å². The van der Waals surface area contributed by atoms with Gasteiger partial charge in [-0.1, -0.05) is 185 Å². The molecule has 0 bridgehead atoms. The van der Waals surface area contributed by atoms with Crippen molar-refractivity contribution in [3.8, 4) is 22.3 Å². The van der Waals surface area contributed by atoms with Crippen LogP contribution in [0.5, 0.6) is 0 Å². The molecule has 0 unspecified atom stereocenters. The van der Waals surface area contributed by atoms with Crippen molar-refractivity contribution >= 4 is 57.2 Å². The molecule has 2 nitrogen and oxygen atoms in total. The van der Waals surface area contributed by atoms with E-state index < -0.39 is 0 Å². The van der Waals surface area contributed by atoms with Gasteiger partial charge in [0.2, 0.25) is 0 Å². The second-order valence-electron chi connectivity index (χ2n) is 33.0. The van der Waals surface area contributed by atoms with E-state index in [4.69, 9.17) is 0 Å². The normalized spacial score (nSPS) is 22.0. The summed E-state index contributed by atoms with van der Waals surface area (Å²) in [5.41, 5.74) is 35.7. The van der Waals surface area contributed by atoms with Crippen molar-refractivity contribution in [1.29, 1.82) is 0 Å². The Balaban J connectivity index is 1.16. The van der Waals surface area contributed by atoms with Gasteiger partial charge in [0.25, 0.3) is 6.71 Å². The number of rotatable bonds is 3. The molecule has 0 aromatic heterocycles. The zero-order valence-electron chi connectivity index (χ0n) is 53.2. The standard InChI is InChI=1S/C78H91BN2/c1-45-34-52-57(74(11,12)32-28-70(52,3)4)41-62(45)80-61-27-26-49-50-38-54-55(73(9,10)31-30-72(54,7)8)39-51(50)78(19,20)67(49)69(61)79-60-40-56-59(77(17,18)44-76(56,15)16)43-64(60)81(66-37-48(36-65(80)68(66)79)47-24-22-21-23-25-47)63-42-58-53(35-46(63)2)71(5,6)29-33-75(58,13)14/h21-27,34-43H,28-33,44H2,1-20H3. The lowest BCUT2D eigenvalue weighted by Crippen LogP contribution is -2.63. The van der Waals surface area contributed by atoms with Gasteiger partial charge < -0.3 is 9.80 Å². The minimum atomic E-state index is -0.282. The fraction of sp³-hybridized carbons (Fsp3) is 0.462. The average molecular weight is 1070 g/mol. The van der Waals surface area contributed by atoms with Crippen molar-refractivity contribution in [3.63, 3.8) is 0 Å². The maximum atomic E-state index is 2.81. The van der Waals surface area contributed by atoms with Crippen LogP contribution in [0.3, 0.4) is 0 Å². The number of hydrogen-bond acceptors (Lipinski definition) is 2. The van der Waals surface area contributed by atoms with Crippen LogP contribution in [0.2, 0.25) is 0 Å². The van der Waals surface area contributed by atoms with E-state index in [0.29, 0.717) is 0 Å². The first-order valence-corrected chi connectivity index (χ1v) is 31.4. The van der Waals surface area contributed by atoms with Crippen LogP contribution in [0.25, 0.3) is 22.3 Å². The second-order valence-corrected chi connectivity index (χ2v) is 33.0. The van der Waals surface area contributed by atoms with Gasteiger partial charge >= 0.3 is 0 Å². The van der Waals surface area contributed by atoms with Gasteiger partial charge in [-0.2, -0.15) is 0 Å². The molecular weight excluding hydrogens is 976 g/mol. The van der Waals surface area contributed by atoms with Gasteiger partial charge in [-0.3, -0.25) is 0 Å². The fourth-order valence-corrected chi connectivity index (χ4v) is 18.2. The quantitative estimate of drug-likeness (QED) is 0.163. The summed E-state index contributed by atoms with van der Waals surface area (Å²) in [6, 6.07) is 43.1. The van der Waals surface area contributed by atoms with Crippen molar-refractivity contribution in [3.05, 3.63) is 170 Å². The summed E-state index contributed by atoms with van der Waals surface area (Å²) >= 11 is 0.